The zero-order valence-electron chi connectivity index (χ0n) is 12.9. The van der Waals surface area contributed by atoms with Gasteiger partial charge in [-0.15, -0.1) is 0 Å². The minimum absolute atomic E-state index is 0.0822. The van der Waals surface area contributed by atoms with E-state index < -0.39 is 0 Å². The van der Waals surface area contributed by atoms with Gasteiger partial charge in [0.2, 0.25) is 11.8 Å². The number of likely N-dealkylation sites (tertiary alicyclic amines) is 1. The summed E-state index contributed by atoms with van der Waals surface area (Å²) >= 11 is 0. The summed E-state index contributed by atoms with van der Waals surface area (Å²) in [6.07, 6.45) is 4.41. The molecule has 6 nitrogen and oxygen atoms in total. The van der Waals surface area contributed by atoms with Gasteiger partial charge in [0, 0.05) is 38.2 Å². The van der Waals surface area contributed by atoms with E-state index in [1.165, 1.54) is 0 Å². The number of carbonyl (C=O) groups excluding carboxylic acids is 2. The Morgan fingerprint density at radius 1 is 1.45 bits per heavy atom. The molecule has 6 heteroatoms. The molecule has 2 fully saturated rings. The molecule has 22 heavy (non-hydrogen) atoms. The molecule has 0 radical (unpaired) electrons. The Bertz CT molecular complexity index is 611. The summed E-state index contributed by atoms with van der Waals surface area (Å²) in [6.45, 7) is 4.95. The van der Waals surface area contributed by atoms with Crippen LogP contribution < -0.4 is 0 Å². The fourth-order valence-electron chi connectivity index (χ4n) is 3.74. The van der Waals surface area contributed by atoms with Crippen molar-refractivity contribution in [3.8, 4) is 0 Å². The highest BCUT2D eigenvalue weighted by Crippen LogP contribution is 2.40. The van der Waals surface area contributed by atoms with Crippen LogP contribution in [0.1, 0.15) is 37.9 Å². The van der Waals surface area contributed by atoms with Crippen molar-refractivity contribution in [2.45, 2.75) is 38.8 Å². The highest BCUT2D eigenvalue weighted by molar-refractivity contribution is 5.81. The predicted molar refractivity (Wildman–Crippen MR) is 79.8 cm³/mol. The normalized spacial score (nSPS) is 30.6. The quantitative estimate of drug-likeness (QED) is 0.838. The Hall–Kier alpha value is -1.85. The molecule has 0 bridgehead atoms. The van der Waals surface area contributed by atoms with Crippen molar-refractivity contribution in [1.29, 1.82) is 0 Å². The molecular formula is C16H22N4O2. The minimum Gasteiger partial charge on any atom is -0.340 e. The molecule has 0 unspecified atom stereocenters. The summed E-state index contributed by atoms with van der Waals surface area (Å²) < 4.78 is 2.01. The second kappa shape index (κ2) is 5.11. The van der Waals surface area contributed by atoms with Gasteiger partial charge in [-0.25, -0.2) is 0 Å². The van der Waals surface area contributed by atoms with Gasteiger partial charge in [0.15, 0.2) is 0 Å². The largest absolute Gasteiger partial charge is 0.340 e. The number of aromatic nitrogens is 2. The van der Waals surface area contributed by atoms with Gasteiger partial charge in [0.1, 0.15) is 0 Å². The van der Waals surface area contributed by atoms with Crippen molar-refractivity contribution in [3.63, 3.8) is 0 Å². The highest BCUT2D eigenvalue weighted by Gasteiger charge is 2.43. The molecule has 3 aliphatic rings. The first kappa shape index (κ1) is 13.8. The minimum atomic E-state index is 0.0822. The molecule has 1 saturated heterocycles. The molecule has 0 aromatic carbocycles. The molecule has 1 saturated carbocycles. The van der Waals surface area contributed by atoms with Crippen LogP contribution in [0.25, 0.3) is 0 Å². The summed E-state index contributed by atoms with van der Waals surface area (Å²) in [4.78, 5) is 28.3. The van der Waals surface area contributed by atoms with Crippen molar-refractivity contribution in [2.24, 2.45) is 11.8 Å². The van der Waals surface area contributed by atoms with E-state index in [0.29, 0.717) is 32.0 Å². The Kier molecular flexibility index (Phi) is 3.20. The first-order chi connectivity index (χ1) is 10.6. The van der Waals surface area contributed by atoms with Gasteiger partial charge in [-0.3, -0.25) is 14.3 Å². The van der Waals surface area contributed by atoms with Crippen molar-refractivity contribution >= 4 is 11.8 Å². The van der Waals surface area contributed by atoms with E-state index in [4.69, 9.17) is 0 Å². The molecular weight excluding hydrogens is 280 g/mol. The second-order valence-corrected chi connectivity index (χ2v) is 6.90. The van der Waals surface area contributed by atoms with Crippen molar-refractivity contribution in [3.05, 3.63) is 18.0 Å². The fourth-order valence-corrected chi connectivity index (χ4v) is 3.74. The molecule has 2 aliphatic heterocycles. The molecule has 0 N–H and O–H groups in total. The lowest BCUT2D eigenvalue weighted by Gasteiger charge is -2.36. The molecule has 0 spiro atoms. The Morgan fingerprint density at radius 3 is 2.95 bits per heavy atom. The van der Waals surface area contributed by atoms with Gasteiger partial charge >= 0.3 is 0 Å². The van der Waals surface area contributed by atoms with E-state index in [9.17, 15) is 9.59 Å². The average Bonchev–Trinajstić information content (AvgIpc) is 2.89. The van der Waals surface area contributed by atoms with Crippen LogP contribution >= 0.6 is 0 Å². The van der Waals surface area contributed by atoms with Crippen molar-refractivity contribution in [2.75, 3.05) is 19.6 Å². The number of fused-ring (bicyclic) bond motifs is 1. The third-order valence-electron chi connectivity index (χ3n) is 5.22. The Balaban J connectivity index is 1.52. The smallest absolute Gasteiger partial charge is 0.226 e. The molecule has 1 aromatic heterocycles. The van der Waals surface area contributed by atoms with Gasteiger partial charge in [-0.05, 0) is 24.8 Å². The van der Waals surface area contributed by atoms with E-state index in [-0.39, 0.29) is 23.8 Å². The van der Waals surface area contributed by atoms with Crippen LogP contribution in [0.3, 0.4) is 0 Å². The van der Waals surface area contributed by atoms with Crippen LogP contribution in [0, 0.1) is 11.8 Å². The first-order valence-electron chi connectivity index (χ1n) is 8.22. The number of rotatable bonds is 3. The molecule has 1 aliphatic carbocycles. The zero-order chi connectivity index (χ0) is 15.3. The maximum atomic E-state index is 12.6. The molecule has 4 rings (SSSR count). The summed E-state index contributed by atoms with van der Waals surface area (Å²) in [5, 5.41) is 4.42. The SMILES string of the molecule is C[C@@H]1C[C@H]1C(=O)N1Cc2ccnn2[C@@H](CN2CCCC2=O)C1. The van der Waals surface area contributed by atoms with Gasteiger partial charge in [-0.1, -0.05) is 6.92 Å². The second-order valence-electron chi connectivity index (χ2n) is 6.90. The van der Waals surface area contributed by atoms with E-state index >= 15 is 0 Å². The summed E-state index contributed by atoms with van der Waals surface area (Å²) in [5.41, 5.74) is 1.07. The number of carbonyl (C=O) groups is 2. The standard InChI is InChI=1S/C16H22N4O2/c1-11-7-14(11)16(22)19-8-12-4-5-17-20(12)13(10-19)9-18-6-2-3-15(18)21/h4-5,11,13-14H,2-3,6-10H2,1H3/t11-,13+,14-/m1/s1. The summed E-state index contributed by atoms with van der Waals surface area (Å²) in [6, 6.07) is 2.06. The molecule has 2 amide bonds. The predicted octanol–water partition coefficient (Wildman–Crippen LogP) is 1.04. The lowest BCUT2D eigenvalue weighted by Crippen LogP contribution is -2.46. The molecule has 1 aromatic rings. The zero-order valence-corrected chi connectivity index (χ0v) is 12.9. The maximum absolute atomic E-state index is 12.6. The van der Waals surface area contributed by atoms with Gasteiger partial charge in [0.05, 0.1) is 18.3 Å². The van der Waals surface area contributed by atoms with E-state index in [2.05, 4.69) is 12.0 Å². The van der Waals surface area contributed by atoms with Gasteiger partial charge in [-0.2, -0.15) is 5.10 Å². The van der Waals surface area contributed by atoms with Crippen LogP contribution in [0.15, 0.2) is 12.3 Å². The van der Waals surface area contributed by atoms with Gasteiger partial charge in [0.25, 0.3) is 0 Å². The lowest BCUT2D eigenvalue weighted by molar-refractivity contribution is -0.135. The number of amides is 2. The summed E-state index contributed by atoms with van der Waals surface area (Å²) in [7, 11) is 0. The lowest BCUT2D eigenvalue weighted by atomic mass is 10.1. The highest BCUT2D eigenvalue weighted by atomic mass is 16.2. The van der Waals surface area contributed by atoms with Crippen LogP contribution in [-0.2, 0) is 16.1 Å². The first-order valence-corrected chi connectivity index (χ1v) is 8.22. The molecule has 3 atom stereocenters. The number of nitrogens with zero attached hydrogens (tertiary/aromatic N) is 4. The molecule has 3 heterocycles. The Labute approximate surface area is 130 Å². The van der Waals surface area contributed by atoms with Gasteiger partial charge < -0.3 is 9.80 Å². The summed E-state index contributed by atoms with van der Waals surface area (Å²) in [5.74, 6) is 1.24. The Morgan fingerprint density at radius 2 is 2.27 bits per heavy atom. The number of hydrogen-bond donors (Lipinski definition) is 0. The van der Waals surface area contributed by atoms with Crippen molar-refractivity contribution in [1.82, 2.24) is 19.6 Å². The topological polar surface area (TPSA) is 58.4 Å². The fraction of sp³-hybridized carbons (Fsp3) is 0.688. The van der Waals surface area contributed by atoms with E-state index in [1.807, 2.05) is 20.5 Å². The monoisotopic (exact) mass is 302 g/mol. The van der Waals surface area contributed by atoms with Crippen LogP contribution in [-0.4, -0.2) is 51.0 Å². The molecule has 118 valence electrons. The van der Waals surface area contributed by atoms with Crippen LogP contribution in [0.5, 0.6) is 0 Å². The number of hydrogen-bond acceptors (Lipinski definition) is 3. The third kappa shape index (κ3) is 2.30. The van der Waals surface area contributed by atoms with Crippen LogP contribution in [0.4, 0.5) is 0 Å². The third-order valence-corrected chi connectivity index (χ3v) is 5.22. The van der Waals surface area contributed by atoms with E-state index in [0.717, 1.165) is 25.1 Å². The average molecular weight is 302 g/mol. The van der Waals surface area contributed by atoms with Crippen LogP contribution in [0.2, 0.25) is 0 Å². The van der Waals surface area contributed by atoms with E-state index in [1.54, 1.807) is 6.20 Å². The maximum Gasteiger partial charge on any atom is 0.226 e. The van der Waals surface area contributed by atoms with Crippen molar-refractivity contribution < 1.29 is 9.59 Å².